The van der Waals surface area contributed by atoms with E-state index in [4.69, 9.17) is 9.59 Å². The van der Waals surface area contributed by atoms with Crippen LogP contribution in [0.4, 0.5) is 13.9 Å². The smallest absolute Gasteiger partial charge is 0.336 e. The number of nitrogens with zero attached hydrogens (tertiary/aromatic N) is 2. The lowest BCUT2D eigenvalue weighted by Crippen LogP contribution is -2.56. The van der Waals surface area contributed by atoms with Gasteiger partial charge in [0.25, 0.3) is 5.92 Å². The SMILES string of the molecule is CCc1csc(N2CC(F)(F)C2)n1.O=C=O. The fraction of sp³-hybridized carbons (Fsp3) is 0.556. The van der Waals surface area contributed by atoms with E-state index in [0.29, 0.717) is 0 Å². The molecule has 1 aliphatic heterocycles. The van der Waals surface area contributed by atoms with Gasteiger partial charge in [0.1, 0.15) is 0 Å². The van der Waals surface area contributed by atoms with Crippen LogP contribution in [0.15, 0.2) is 5.38 Å². The minimum Gasteiger partial charge on any atom is -0.336 e. The van der Waals surface area contributed by atoms with E-state index in [1.807, 2.05) is 12.3 Å². The minimum atomic E-state index is -2.50. The summed E-state index contributed by atoms with van der Waals surface area (Å²) >= 11 is 1.44. The second kappa shape index (κ2) is 5.14. The van der Waals surface area contributed by atoms with Crippen LogP contribution in [-0.4, -0.2) is 30.1 Å². The maximum Gasteiger partial charge on any atom is 0.373 e. The van der Waals surface area contributed by atoms with Gasteiger partial charge in [-0.1, -0.05) is 6.92 Å². The molecule has 7 heteroatoms. The molecule has 0 aromatic carbocycles. The zero-order valence-corrected chi connectivity index (χ0v) is 9.39. The molecule has 0 radical (unpaired) electrons. The first-order valence-electron chi connectivity index (χ1n) is 4.59. The molecule has 0 amide bonds. The molecule has 0 atom stereocenters. The predicted molar refractivity (Wildman–Crippen MR) is 53.7 cm³/mol. The third kappa shape index (κ3) is 3.08. The Bertz CT molecular complexity index is 381. The number of anilines is 1. The summed E-state index contributed by atoms with van der Waals surface area (Å²) in [6.07, 6.45) is 1.11. The Balaban J connectivity index is 0.000000386. The lowest BCUT2D eigenvalue weighted by molar-refractivity contribution is -0.191. The highest BCUT2D eigenvalue weighted by Crippen LogP contribution is 2.33. The van der Waals surface area contributed by atoms with Crippen molar-refractivity contribution >= 4 is 22.6 Å². The van der Waals surface area contributed by atoms with Crippen molar-refractivity contribution < 1.29 is 18.4 Å². The van der Waals surface area contributed by atoms with Crippen LogP contribution in [-0.2, 0) is 16.0 Å². The van der Waals surface area contributed by atoms with Gasteiger partial charge in [-0.3, -0.25) is 0 Å². The van der Waals surface area contributed by atoms with Gasteiger partial charge in [0.15, 0.2) is 5.13 Å². The number of hydrogen-bond donors (Lipinski definition) is 0. The fourth-order valence-corrected chi connectivity index (χ4v) is 2.16. The standard InChI is InChI=1S/C8H10F2N2S.CO2/c1-2-6-3-13-7(11-6)12-4-8(9,10)5-12;2-1-3/h3H,2,4-5H2,1H3;. The van der Waals surface area contributed by atoms with E-state index in [1.165, 1.54) is 11.3 Å². The lowest BCUT2D eigenvalue weighted by Gasteiger charge is -2.38. The normalized spacial score (nSPS) is 16.8. The van der Waals surface area contributed by atoms with Crippen LogP contribution in [0.2, 0.25) is 0 Å². The third-order valence-corrected chi connectivity index (χ3v) is 2.97. The molecule has 0 aliphatic carbocycles. The molecule has 0 unspecified atom stereocenters. The van der Waals surface area contributed by atoms with Crippen molar-refractivity contribution in [3.8, 4) is 0 Å². The summed E-state index contributed by atoms with van der Waals surface area (Å²) in [5.74, 6) is -2.50. The summed E-state index contributed by atoms with van der Waals surface area (Å²) < 4.78 is 25.0. The maximum absolute atomic E-state index is 12.5. The summed E-state index contributed by atoms with van der Waals surface area (Å²) in [4.78, 5) is 22.1. The molecule has 88 valence electrons. The van der Waals surface area contributed by atoms with E-state index >= 15 is 0 Å². The molecule has 1 aliphatic rings. The van der Waals surface area contributed by atoms with E-state index in [0.717, 1.165) is 17.2 Å². The number of thiazole rings is 1. The van der Waals surface area contributed by atoms with Crippen LogP contribution in [0.5, 0.6) is 0 Å². The van der Waals surface area contributed by atoms with Crippen molar-refractivity contribution in [2.24, 2.45) is 0 Å². The molecule has 0 saturated carbocycles. The van der Waals surface area contributed by atoms with Crippen molar-refractivity contribution in [2.45, 2.75) is 19.3 Å². The largest absolute Gasteiger partial charge is 0.373 e. The van der Waals surface area contributed by atoms with Gasteiger partial charge in [-0.15, -0.1) is 11.3 Å². The Labute approximate surface area is 94.9 Å². The molecule has 2 rings (SSSR count). The minimum absolute atomic E-state index is 0.177. The van der Waals surface area contributed by atoms with Gasteiger partial charge in [0.2, 0.25) is 0 Å². The van der Waals surface area contributed by atoms with Crippen molar-refractivity contribution in [1.29, 1.82) is 0 Å². The van der Waals surface area contributed by atoms with Crippen molar-refractivity contribution in [1.82, 2.24) is 4.98 Å². The zero-order valence-electron chi connectivity index (χ0n) is 8.57. The third-order valence-electron chi connectivity index (χ3n) is 2.02. The summed E-state index contributed by atoms with van der Waals surface area (Å²) in [6, 6.07) is 0. The quantitative estimate of drug-likeness (QED) is 0.797. The zero-order chi connectivity index (χ0) is 12.2. The van der Waals surface area contributed by atoms with Gasteiger partial charge in [0.05, 0.1) is 18.8 Å². The van der Waals surface area contributed by atoms with Crippen LogP contribution in [0.3, 0.4) is 0 Å². The van der Waals surface area contributed by atoms with E-state index in [2.05, 4.69) is 4.98 Å². The molecule has 2 heterocycles. The number of halogens is 2. The highest BCUT2D eigenvalue weighted by molar-refractivity contribution is 7.13. The van der Waals surface area contributed by atoms with Gasteiger partial charge in [0, 0.05) is 5.38 Å². The highest BCUT2D eigenvalue weighted by atomic mass is 32.1. The van der Waals surface area contributed by atoms with Gasteiger partial charge in [-0.25, -0.2) is 13.8 Å². The number of aromatic nitrogens is 1. The molecule has 16 heavy (non-hydrogen) atoms. The first kappa shape index (κ1) is 12.7. The fourth-order valence-electron chi connectivity index (χ4n) is 1.25. The number of hydrogen-bond acceptors (Lipinski definition) is 5. The predicted octanol–water partition coefficient (Wildman–Crippen LogP) is 1.58. The maximum atomic E-state index is 12.5. The van der Waals surface area contributed by atoms with Crippen LogP contribution in [0.1, 0.15) is 12.6 Å². The van der Waals surface area contributed by atoms with Crippen LogP contribution in [0, 0.1) is 0 Å². The summed E-state index contributed by atoms with van der Waals surface area (Å²) in [6.45, 7) is 1.65. The molecule has 1 aromatic heterocycles. The Morgan fingerprint density at radius 2 is 2.12 bits per heavy atom. The second-order valence-corrected chi connectivity index (χ2v) is 4.11. The molecule has 4 nitrogen and oxygen atoms in total. The van der Waals surface area contributed by atoms with Crippen molar-refractivity contribution in [3.05, 3.63) is 11.1 Å². The Morgan fingerprint density at radius 1 is 1.56 bits per heavy atom. The number of alkyl halides is 2. The molecule has 0 bridgehead atoms. The first-order chi connectivity index (χ1) is 7.52. The molecule has 0 N–H and O–H groups in total. The molecular weight excluding hydrogens is 238 g/mol. The molecular formula is C9H10F2N2O2S. The Hall–Kier alpha value is -1.33. The number of rotatable bonds is 2. The van der Waals surface area contributed by atoms with Gasteiger partial charge in [-0.05, 0) is 6.42 Å². The van der Waals surface area contributed by atoms with Crippen molar-refractivity contribution in [3.63, 3.8) is 0 Å². The van der Waals surface area contributed by atoms with E-state index in [-0.39, 0.29) is 19.2 Å². The molecule has 1 saturated heterocycles. The Kier molecular flexibility index (Phi) is 4.09. The summed E-state index contributed by atoms with van der Waals surface area (Å²) in [7, 11) is 0. The molecule has 1 aromatic rings. The Morgan fingerprint density at radius 3 is 2.50 bits per heavy atom. The number of carbonyl (C=O) groups excluding carboxylic acids is 2. The van der Waals surface area contributed by atoms with Crippen LogP contribution in [0.25, 0.3) is 0 Å². The van der Waals surface area contributed by atoms with Gasteiger partial charge >= 0.3 is 6.15 Å². The van der Waals surface area contributed by atoms with Gasteiger partial charge < -0.3 is 4.90 Å². The topological polar surface area (TPSA) is 50.3 Å². The first-order valence-corrected chi connectivity index (χ1v) is 5.47. The highest BCUT2D eigenvalue weighted by Gasteiger charge is 2.44. The summed E-state index contributed by atoms with van der Waals surface area (Å²) in [5, 5.41) is 2.65. The van der Waals surface area contributed by atoms with Gasteiger partial charge in [-0.2, -0.15) is 9.59 Å². The summed E-state index contributed by atoms with van der Waals surface area (Å²) in [5.41, 5.74) is 0.982. The monoisotopic (exact) mass is 248 g/mol. The van der Waals surface area contributed by atoms with Crippen molar-refractivity contribution in [2.75, 3.05) is 18.0 Å². The second-order valence-electron chi connectivity index (χ2n) is 3.27. The average molecular weight is 248 g/mol. The molecule has 1 fully saturated rings. The van der Waals surface area contributed by atoms with E-state index < -0.39 is 5.92 Å². The molecule has 0 spiro atoms. The number of aryl methyl sites for hydroxylation is 1. The van der Waals surface area contributed by atoms with Crippen LogP contribution < -0.4 is 4.90 Å². The van der Waals surface area contributed by atoms with E-state index in [1.54, 1.807) is 4.90 Å². The average Bonchev–Trinajstić information content (AvgIpc) is 2.63. The lowest BCUT2D eigenvalue weighted by atomic mass is 10.2. The van der Waals surface area contributed by atoms with Crippen LogP contribution >= 0.6 is 11.3 Å². The van der Waals surface area contributed by atoms with E-state index in [9.17, 15) is 8.78 Å².